The van der Waals surface area contributed by atoms with Gasteiger partial charge in [-0.1, -0.05) is 33.1 Å². The van der Waals surface area contributed by atoms with Gasteiger partial charge in [0.15, 0.2) is 0 Å². The number of piperazine rings is 1. The fourth-order valence-corrected chi connectivity index (χ4v) is 3.80. The van der Waals surface area contributed by atoms with Crippen LogP contribution in [0.15, 0.2) is 0 Å². The predicted octanol–water partition coefficient (Wildman–Crippen LogP) is 2.66. The van der Waals surface area contributed by atoms with E-state index >= 15 is 0 Å². The monoisotopic (exact) mass is 268 g/mol. The third-order valence-electron chi connectivity index (χ3n) is 4.97. The zero-order chi connectivity index (χ0) is 13.7. The van der Waals surface area contributed by atoms with Gasteiger partial charge in [0.25, 0.3) is 0 Å². The molecule has 0 bridgehead atoms. The number of hydrogen-bond acceptors (Lipinski definition) is 3. The van der Waals surface area contributed by atoms with Crippen LogP contribution in [0.25, 0.3) is 0 Å². The molecule has 3 heteroatoms. The van der Waals surface area contributed by atoms with E-state index in [4.69, 9.17) is 4.74 Å². The maximum atomic E-state index is 5.58. The Morgan fingerprint density at radius 1 is 1.26 bits per heavy atom. The molecular formula is C16H32N2O. The summed E-state index contributed by atoms with van der Waals surface area (Å²) >= 11 is 0. The maximum absolute atomic E-state index is 5.58. The van der Waals surface area contributed by atoms with Crippen molar-refractivity contribution >= 4 is 0 Å². The molecule has 1 atom stereocenters. The van der Waals surface area contributed by atoms with Crippen molar-refractivity contribution < 1.29 is 4.74 Å². The van der Waals surface area contributed by atoms with Crippen LogP contribution in [0, 0.1) is 5.92 Å². The van der Waals surface area contributed by atoms with Crippen molar-refractivity contribution in [3.8, 4) is 0 Å². The summed E-state index contributed by atoms with van der Waals surface area (Å²) in [4.78, 5) is 2.70. The Balaban J connectivity index is 1.95. The molecule has 1 unspecified atom stereocenters. The molecule has 0 amide bonds. The minimum atomic E-state index is 0.413. The quantitative estimate of drug-likeness (QED) is 0.776. The summed E-state index contributed by atoms with van der Waals surface area (Å²) < 4.78 is 5.58. The summed E-state index contributed by atoms with van der Waals surface area (Å²) in [6.45, 7) is 12.0. The molecule has 1 N–H and O–H groups in total. The smallest absolute Gasteiger partial charge is 0.0593 e. The van der Waals surface area contributed by atoms with Crippen LogP contribution in [0.1, 0.15) is 52.9 Å². The van der Waals surface area contributed by atoms with E-state index in [9.17, 15) is 0 Å². The first-order chi connectivity index (χ1) is 9.17. The van der Waals surface area contributed by atoms with Crippen LogP contribution in [0.2, 0.25) is 0 Å². The van der Waals surface area contributed by atoms with Crippen molar-refractivity contribution in [2.75, 3.05) is 32.8 Å². The van der Waals surface area contributed by atoms with Gasteiger partial charge in [-0.15, -0.1) is 0 Å². The average Bonchev–Trinajstić information content (AvgIpc) is 2.40. The van der Waals surface area contributed by atoms with E-state index in [0.717, 1.165) is 32.2 Å². The van der Waals surface area contributed by atoms with Crippen LogP contribution in [0.5, 0.6) is 0 Å². The molecule has 0 aromatic rings. The zero-order valence-corrected chi connectivity index (χ0v) is 13.1. The van der Waals surface area contributed by atoms with Gasteiger partial charge < -0.3 is 10.1 Å². The molecule has 0 aromatic heterocycles. The third kappa shape index (κ3) is 3.93. The van der Waals surface area contributed by atoms with Crippen LogP contribution >= 0.6 is 0 Å². The van der Waals surface area contributed by atoms with Gasteiger partial charge in [-0.3, -0.25) is 4.90 Å². The SMILES string of the molecule is CCOCCN1CC2(CCCCC2)NCC1C(C)C. The molecule has 1 aliphatic heterocycles. The second-order valence-electron chi connectivity index (χ2n) is 6.70. The first kappa shape index (κ1) is 15.3. The van der Waals surface area contributed by atoms with Crippen LogP contribution in [-0.4, -0.2) is 49.3 Å². The van der Waals surface area contributed by atoms with Crippen molar-refractivity contribution in [2.45, 2.75) is 64.5 Å². The molecule has 2 rings (SSSR count). The minimum absolute atomic E-state index is 0.413. The lowest BCUT2D eigenvalue weighted by Gasteiger charge is -2.51. The number of ether oxygens (including phenoxy) is 1. The highest BCUT2D eigenvalue weighted by Gasteiger charge is 2.40. The number of rotatable bonds is 5. The lowest BCUT2D eigenvalue weighted by Crippen LogP contribution is -2.66. The molecule has 19 heavy (non-hydrogen) atoms. The first-order valence-electron chi connectivity index (χ1n) is 8.24. The van der Waals surface area contributed by atoms with Crippen LogP contribution in [-0.2, 0) is 4.74 Å². The van der Waals surface area contributed by atoms with E-state index in [1.54, 1.807) is 0 Å². The second kappa shape index (κ2) is 7.05. The van der Waals surface area contributed by atoms with E-state index in [2.05, 4.69) is 31.0 Å². The Bertz CT molecular complexity index is 261. The highest BCUT2D eigenvalue weighted by molar-refractivity contribution is 5.00. The van der Waals surface area contributed by atoms with E-state index < -0.39 is 0 Å². The fraction of sp³-hybridized carbons (Fsp3) is 1.00. The third-order valence-corrected chi connectivity index (χ3v) is 4.97. The second-order valence-corrected chi connectivity index (χ2v) is 6.70. The Labute approximate surface area is 119 Å². The highest BCUT2D eigenvalue weighted by Crippen LogP contribution is 2.32. The topological polar surface area (TPSA) is 24.5 Å². The Hall–Kier alpha value is -0.120. The van der Waals surface area contributed by atoms with Gasteiger partial charge in [0.05, 0.1) is 6.61 Å². The van der Waals surface area contributed by atoms with E-state index in [1.165, 1.54) is 38.6 Å². The molecule has 2 aliphatic rings. The zero-order valence-electron chi connectivity index (χ0n) is 13.1. The van der Waals surface area contributed by atoms with Gasteiger partial charge in [0, 0.05) is 37.8 Å². The van der Waals surface area contributed by atoms with Gasteiger partial charge in [-0.2, -0.15) is 0 Å². The molecule has 1 aliphatic carbocycles. The Morgan fingerprint density at radius 2 is 2.00 bits per heavy atom. The Morgan fingerprint density at radius 3 is 2.63 bits per heavy atom. The van der Waals surface area contributed by atoms with Crippen molar-refractivity contribution in [1.29, 1.82) is 0 Å². The summed E-state index contributed by atoms with van der Waals surface area (Å²) in [5, 5.41) is 3.90. The van der Waals surface area contributed by atoms with E-state index in [-0.39, 0.29) is 0 Å². The summed E-state index contributed by atoms with van der Waals surface area (Å²) in [5.74, 6) is 0.718. The van der Waals surface area contributed by atoms with Gasteiger partial charge in [0.2, 0.25) is 0 Å². The lowest BCUT2D eigenvalue weighted by molar-refractivity contribution is 0.0145. The highest BCUT2D eigenvalue weighted by atomic mass is 16.5. The lowest BCUT2D eigenvalue weighted by atomic mass is 9.78. The molecule has 1 heterocycles. The molecule has 1 spiro atoms. The maximum Gasteiger partial charge on any atom is 0.0593 e. The first-order valence-corrected chi connectivity index (χ1v) is 8.24. The van der Waals surface area contributed by atoms with Crippen molar-refractivity contribution in [1.82, 2.24) is 10.2 Å². The number of nitrogens with one attached hydrogen (secondary N) is 1. The van der Waals surface area contributed by atoms with E-state index in [1.807, 2.05) is 0 Å². The standard InChI is InChI=1S/C16H32N2O/c1-4-19-11-10-18-13-16(8-6-5-7-9-16)17-12-15(18)14(2)3/h14-15,17H,4-13H2,1-3H3. The van der Waals surface area contributed by atoms with Gasteiger partial charge in [-0.25, -0.2) is 0 Å². The fourth-order valence-electron chi connectivity index (χ4n) is 3.80. The molecule has 3 nitrogen and oxygen atoms in total. The van der Waals surface area contributed by atoms with Gasteiger partial charge in [0.1, 0.15) is 0 Å². The van der Waals surface area contributed by atoms with Crippen LogP contribution in [0.3, 0.4) is 0 Å². The normalized spacial score (nSPS) is 28.1. The summed E-state index contributed by atoms with van der Waals surface area (Å²) in [7, 11) is 0. The summed E-state index contributed by atoms with van der Waals surface area (Å²) in [5.41, 5.74) is 0.413. The van der Waals surface area contributed by atoms with Gasteiger partial charge in [-0.05, 0) is 25.7 Å². The molecular weight excluding hydrogens is 236 g/mol. The average molecular weight is 268 g/mol. The molecule has 1 saturated carbocycles. The van der Waals surface area contributed by atoms with Gasteiger partial charge >= 0.3 is 0 Å². The van der Waals surface area contributed by atoms with Crippen LogP contribution in [0.4, 0.5) is 0 Å². The number of hydrogen-bond donors (Lipinski definition) is 1. The predicted molar refractivity (Wildman–Crippen MR) is 80.5 cm³/mol. The Kier molecular flexibility index (Phi) is 5.67. The molecule has 112 valence electrons. The minimum Gasteiger partial charge on any atom is -0.380 e. The van der Waals surface area contributed by atoms with E-state index in [0.29, 0.717) is 11.6 Å². The molecule has 0 radical (unpaired) electrons. The van der Waals surface area contributed by atoms with Crippen molar-refractivity contribution in [3.05, 3.63) is 0 Å². The summed E-state index contributed by atoms with van der Waals surface area (Å²) in [6.07, 6.45) is 6.96. The van der Waals surface area contributed by atoms with Crippen molar-refractivity contribution in [3.63, 3.8) is 0 Å². The molecule has 1 saturated heterocycles. The van der Waals surface area contributed by atoms with Crippen molar-refractivity contribution in [2.24, 2.45) is 5.92 Å². The molecule has 2 fully saturated rings. The number of nitrogens with zero attached hydrogens (tertiary/aromatic N) is 1. The van der Waals surface area contributed by atoms with Crippen LogP contribution < -0.4 is 5.32 Å². The molecule has 0 aromatic carbocycles. The summed E-state index contributed by atoms with van der Waals surface area (Å²) in [6, 6.07) is 0.674. The largest absolute Gasteiger partial charge is 0.380 e.